The maximum absolute atomic E-state index is 12.7. The van der Waals surface area contributed by atoms with Crippen LogP contribution in [0.25, 0.3) is 0 Å². The van der Waals surface area contributed by atoms with Crippen molar-refractivity contribution >= 4 is 15.9 Å². The van der Waals surface area contributed by atoms with E-state index < -0.39 is 10.0 Å². The predicted molar refractivity (Wildman–Crippen MR) is 120 cm³/mol. The van der Waals surface area contributed by atoms with Crippen molar-refractivity contribution < 1.29 is 13.2 Å². The van der Waals surface area contributed by atoms with E-state index >= 15 is 0 Å². The number of amides is 1. The minimum atomic E-state index is -3.39. The molecular formula is C23H37N3O3S. The fourth-order valence-electron chi connectivity index (χ4n) is 4.32. The lowest BCUT2D eigenvalue weighted by Gasteiger charge is -2.25. The van der Waals surface area contributed by atoms with E-state index in [0.717, 1.165) is 44.3 Å². The first kappa shape index (κ1) is 23.2. The Hall–Kier alpha value is -1.44. The Morgan fingerprint density at radius 3 is 2.13 bits per heavy atom. The van der Waals surface area contributed by atoms with Crippen molar-refractivity contribution in [3.8, 4) is 0 Å². The lowest BCUT2D eigenvalue weighted by atomic mass is 10.1. The summed E-state index contributed by atoms with van der Waals surface area (Å²) in [4.78, 5) is 15.0. The number of carbonyl (C=O) groups is 1. The average Bonchev–Trinajstić information content (AvgIpc) is 3.05. The SMILES string of the molecule is O=C(CCc1ccc(S(=O)(=O)N2CCCCC2)cc1)NCCCN1CCCCCC1. The number of hydrogen-bond acceptors (Lipinski definition) is 4. The van der Waals surface area contributed by atoms with E-state index in [1.807, 2.05) is 12.1 Å². The minimum absolute atomic E-state index is 0.0656. The molecule has 2 fully saturated rings. The van der Waals surface area contributed by atoms with Crippen molar-refractivity contribution in [1.29, 1.82) is 0 Å². The van der Waals surface area contributed by atoms with Gasteiger partial charge >= 0.3 is 0 Å². The summed E-state index contributed by atoms with van der Waals surface area (Å²) < 4.78 is 27.0. The average molecular weight is 436 g/mol. The number of benzene rings is 1. The zero-order valence-electron chi connectivity index (χ0n) is 18.2. The Bertz CT molecular complexity index is 750. The highest BCUT2D eigenvalue weighted by Gasteiger charge is 2.25. The molecule has 1 aromatic rings. The van der Waals surface area contributed by atoms with E-state index in [1.165, 1.54) is 38.8 Å². The molecule has 1 aromatic carbocycles. The van der Waals surface area contributed by atoms with E-state index in [4.69, 9.17) is 0 Å². The van der Waals surface area contributed by atoms with Crippen LogP contribution in [0, 0.1) is 0 Å². The number of piperidine rings is 1. The van der Waals surface area contributed by atoms with Crippen LogP contribution in [0.3, 0.4) is 0 Å². The van der Waals surface area contributed by atoms with E-state index in [-0.39, 0.29) is 5.91 Å². The lowest BCUT2D eigenvalue weighted by molar-refractivity contribution is -0.121. The summed E-state index contributed by atoms with van der Waals surface area (Å²) in [6.07, 6.45) is 10.3. The van der Waals surface area contributed by atoms with Gasteiger partial charge in [0.15, 0.2) is 0 Å². The fraction of sp³-hybridized carbons (Fsp3) is 0.696. The largest absolute Gasteiger partial charge is 0.356 e. The molecule has 0 unspecified atom stereocenters. The zero-order valence-corrected chi connectivity index (χ0v) is 19.0. The minimum Gasteiger partial charge on any atom is -0.356 e. The molecule has 0 saturated carbocycles. The molecule has 30 heavy (non-hydrogen) atoms. The molecule has 0 aliphatic carbocycles. The Morgan fingerprint density at radius 2 is 1.47 bits per heavy atom. The molecule has 3 rings (SSSR count). The van der Waals surface area contributed by atoms with Gasteiger partial charge in [0.05, 0.1) is 4.90 Å². The molecule has 2 heterocycles. The molecule has 0 aromatic heterocycles. The van der Waals surface area contributed by atoms with Crippen molar-refractivity contribution in [3.63, 3.8) is 0 Å². The summed E-state index contributed by atoms with van der Waals surface area (Å²) in [5, 5.41) is 3.02. The van der Waals surface area contributed by atoms with Gasteiger partial charge in [0, 0.05) is 26.1 Å². The highest BCUT2D eigenvalue weighted by molar-refractivity contribution is 7.89. The van der Waals surface area contributed by atoms with Crippen LogP contribution >= 0.6 is 0 Å². The Morgan fingerprint density at radius 1 is 0.867 bits per heavy atom. The smallest absolute Gasteiger partial charge is 0.243 e. The van der Waals surface area contributed by atoms with Crippen molar-refractivity contribution in [2.75, 3.05) is 39.3 Å². The summed E-state index contributed by atoms with van der Waals surface area (Å²) in [5.41, 5.74) is 0.993. The van der Waals surface area contributed by atoms with Crippen LogP contribution in [0.15, 0.2) is 29.2 Å². The third-order valence-corrected chi connectivity index (χ3v) is 8.10. The molecule has 0 atom stereocenters. The Balaban J connectivity index is 1.36. The van der Waals surface area contributed by atoms with Crippen LogP contribution in [-0.2, 0) is 21.2 Å². The van der Waals surface area contributed by atoms with Gasteiger partial charge in [-0.1, -0.05) is 31.4 Å². The maximum Gasteiger partial charge on any atom is 0.243 e. The number of nitrogens with zero attached hydrogens (tertiary/aromatic N) is 2. The van der Waals surface area contributed by atoms with Gasteiger partial charge in [-0.05, 0) is 75.9 Å². The number of hydrogen-bond donors (Lipinski definition) is 1. The molecule has 0 radical (unpaired) electrons. The first-order valence-corrected chi connectivity index (χ1v) is 13.1. The van der Waals surface area contributed by atoms with E-state index in [9.17, 15) is 13.2 Å². The second-order valence-electron chi connectivity index (χ2n) is 8.57. The summed E-state index contributed by atoms with van der Waals surface area (Å²) in [7, 11) is -3.39. The molecule has 2 aliphatic rings. The van der Waals surface area contributed by atoms with E-state index in [2.05, 4.69) is 10.2 Å². The first-order valence-electron chi connectivity index (χ1n) is 11.6. The van der Waals surface area contributed by atoms with Gasteiger partial charge in [0.1, 0.15) is 0 Å². The third kappa shape index (κ3) is 7.06. The molecule has 0 spiro atoms. The third-order valence-electron chi connectivity index (χ3n) is 6.19. The molecule has 0 bridgehead atoms. The number of aryl methyl sites for hydroxylation is 1. The summed E-state index contributed by atoms with van der Waals surface area (Å²) in [5.74, 6) is 0.0656. The summed E-state index contributed by atoms with van der Waals surface area (Å²) in [6, 6.07) is 7.03. The van der Waals surface area contributed by atoms with Crippen molar-refractivity contribution in [2.45, 2.75) is 69.1 Å². The molecule has 2 aliphatic heterocycles. The van der Waals surface area contributed by atoms with Crippen LogP contribution in [0.4, 0.5) is 0 Å². The van der Waals surface area contributed by atoms with Gasteiger partial charge in [-0.3, -0.25) is 4.79 Å². The van der Waals surface area contributed by atoms with Crippen LogP contribution in [0.5, 0.6) is 0 Å². The molecule has 168 valence electrons. The van der Waals surface area contributed by atoms with Gasteiger partial charge < -0.3 is 10.2 Å². The Kier molecular flexibility index (Phi) is 9.15. The second kappa shape index (κ2) is 11.8. The highest BCUT2D eigenvalue weighted by Crippen LogP contribution is 2.21. The quantitative estimate of drug-likeness (QED) is 0.605. The van der Waals surface area contributed by atoms with Crippen molar-refractivity contribution in [2.24, 2.45) is 0 Å². The number of nitrogens with one attached hydrogen (secondary N) is 1. The Labute approximate surface area is 182 Å². The van der Waals surface area contributed by atoms with Gasteiger partial charge in [0.2, 0.25) is 15.9 Å². The molecule has 7 heteroatoms. The maximum atomic E-state index is 12.7. The number of rotatable bonds is 9. The molecule has 6 nitrogen and oxygen atoms in total. The highest BCUT2D eigenvalue weighted by atomic mass is 32.2. The molecule has 1 N–H and O–H groups in total. The number of carbonyl (C=O) groups excluding carboxylic acids is 1. The number of likely N-dealkylation sites (tertiary alicyclic amines) is 1. The molecule has 2 saturated heterocycles. The van der Waals surface area contributed by atoms with Crippen LogP contribution < -0.4 is 5.32 Å². The summed E-state index contributed by atoms with van der Waals surface area (Å²) >= 11 is 0. The topological polar surface area (TPSA) is 69.7 Å². The van der Waals surface area contributed by atoms with Crippen molar-refractivity contribution in [3.05, 3.63) is 29.8 Å². The van der Waals surface area contributed by atoms with Gasteiger partial charge in [-0.15, -0.1) is 0 Å². The fourth-order valence-corrected chi connectivity index (χ4v) is 5.84. The van der Waals surface area contributed by atoms with E-state index in [1.54, 1.807) is 16.4 Å². The summed E-state index contributed by atoms with van der Waals surface area (Å²) in [6.45, 7) is 5.40. The second-order valence-corrected chi connectivity index (χ2v) is 10.5. The van der Waals surface area contributed by atoms with Gasteiger partial charge in [-0.2, -0.15) is 4.31 Å². The van der Waals surface area contributed by atoms with Gasteiger partial charge in [-0.25, -0.2) is 8.42 Å². The van der Waals surface area contributed by atoms with Gasteiger partial charge in [0.25, 0.3) is 0 Å². The van der Waals surface area contributed by atoms with E-state index in [0.29, 0.717) is 30.8 Å². The molecular weight excluding hydrogens is 398 g/mol. The zero-order chi connectivity index (χ0) is 21.2. The van der Waals surface area contributed by atoms with Crippen LogP contribution in [-0.4, -0.2) is 62.8 Å². The number of sulfonamides is 1. The molecule has 1 amide bonds. The lowest BCUT2D eigenvalue weighted by Crippen LogP contribution is -2.35. The monoisotopic (exact) mass is 435 g/mol. The predicted octanol–water partition coefficient (Wildman–Crippen LogP) is 3.18. The first-order chi connectivity index (χ1) is 14.6. The van der Waals surface area contributed by atoms with Crippen LogP contribution in [0.1, 0.15) is 63.4 Å². The standard InChI is InChI=1S/C23H37N3O3S/c27-23(24-15-8-18-25-16-4-1-2-5-17-25)14-11-21-9-12-22(13-10-21)30(28,29)26-19-6-3-7-20-26/h9-10,12-13H,1-8,11,14-20H2,(H,24,27). The van der Waals surface area contributed by atoms with Crippen molar-refractivity contribution in [1.82, 2.24) is 14.5 Å². The van der Waals surface area contributed by atoms with Crippen LogP contribution in [0.2, 0.25) is 0 Å². The normalized spacial score (nSPS) is 19.3.